The zero-order valence-corrected chi connectivity index (χ0v) is 12.0. The Labute approximate surface area is 118 Å². The van der Waals surface area contributed by atoms with E-state index in [4.69, 9.17) is 11.6 Å². The van der Waals surface area contributed by atoms with Crippen molar-refractivity contribution >= 4 is 11.6 Å². The van der Waals surface area contributed by atoms with Crippen molar-refractivity contribution in [2.24, 2.45) is 0 Å². The monoisotopic (exact) mass is 278 g/mol. The smallest absolute Gasteiger partial charge is 0.0829 e. The molecule has 0 amide bonds. The van der Waals surface area contributed by atoms with Crippen molar-refractivity contribution < 1.29 is 5.11 Å². The molecule has 0 saturated heterocycles. The van der Waals surface area contributed by atoms with Gasteiger partial charge in [-0.1, -0.05) is 23.7 Å². The lowest BCUT2D eigenvalue weighted by Crippen LogP contribution is -2.40. The minimum atomic E-state index is -0.455. The summed E-state index contributed by atoms with van der Waals surface area (Å²) in [7, 11) is 0. The molecule has 0 spiro atoms. The second-order valence-electron chi connectivity index (χ2n) is 5.29. The number of aliphatic hydroxyl groups is 1. The van der Waals surface area contributed by atoms with Crippen LogP contribution < -0.4 is 0 Å². The molecule has 1 aromatic heterocycles. The lowest BCUT2D eigenvalue weighted by Gasteiger charge is -2.31. The average Bonchev–Trinajstić information content (AvgIpc) is 2.92. The molecule has 2 rings (SSSR count). The van der Waals surface area contributed by atoms with Gasteiger partial charge in [-0.15, -0.1) is 0 Å². The number of aliphatic hydroxyl groups excluding tert-OH is 1. The highest BCUT2D eigenvalue weighted by Crippen LogP contribution is 2.23. The number of hydrogen-bond donors (Lipinski definition) is 1. The molecule has 0 aliphatic heterocycles. The summed E-state index contributed by atoms with van der Waals surface area (Å²) >= 11 is 5.85. The summed E-state index contributed by atoms with van der Waals surface area (Å²) in [5, 5.41) is 15.3. The summed E-state index contributed by atoms with van der Waals surface area (Å²) in [5.41, 5.74) is 0.773. The van der Waals surface area contributed by atoms with Crippen molar-refractivity contribution in [1.82, 2.24) is 9.78 Å². The first-order valence-electron chi connectivity index (χ1n) is 6.43. The maximum Gasteiger partial charge on any atom is 0.0829 e. The van der Waals surface area contributed by atoms with Crippen LogP contribution in [0.5, 0.6) is 0 Å². The predicted octanol–water partition coefficient (Wildman–Crippen LogP) is 3.27. The van der Waals surface area contributed by atoms with Gasteiger partial charge in [0.2, 0.25) is 0 Å². The lowest BCUT2D eigenvalue weighted by atomic mass is 9.92. The largest absolute Gasteiger partial charge is 0.391 e. The van der Waals surface area contributed by atoms with E-state index in [1.807, 2.05) is 50.4 Å². The zero-order valence-electron chi connectivity index (χ0n) is 11.3. The molecular formula is C15H19ClN2O. The molecule has 19 heavy (non-hydrogen) atoms. The van der Waals surface area contributed by atoms with Crippen LogP contribution >= 0.6 is 11.6 Å². The molecule has 2 aromatic rings. The average molecular weight is 279 g/mol. The Hall–Kier alpha value is -1.32. The highest BCUT2D eigenvalue weighted by atomic mass is 35.5. The van der Waals surface area contributed by atoms with Gasteiger partial charge in [-0.2, -0.15) is 5.10 Å². The van der Waals surface area contributed by atoms with E-state index in [2.05, 4.69) is 5.10 Å². The summed E-state index contributed by atoms with van der Waals surface area (Å²) in [6, 6.07) is 9.61. The standard InChI is InChI=1S/C15H19ClN2O/c1-15(2,18-11-3-10-17-18)14(19)9-6-12-4-7-13(16)8-5-12/h3-5,7-8,10-11,14,19H,6,9H2,1-2H3. The number of halogens is 1. The Morgan fingerprint density at radius 2 is 2.00 bits per heavy atom. The molecule has 1 N–H and O–H groups in total. The Balaban J connectivity index is 1.97. The molecule has 0 saturated carbocycles. The second-order valence-corrected chi connectivity index (χ2v) is 5.72. The molecule has 3 nitrogen and oxygen atoms in total. The first-order chi connectivity index (χ1) is 9.00. The quantitative estimate of drug-likeness (QED) is 0.912. The maximum atomic E-state index is 10.4. The zero-order chi connectivity index (χ0) is 13.9. The Bertz CT molecular complexity index is 505. The van der Waals surface area contributed by atoms with Gasteiger partial charge in [0.15, 0.2) is 0 Å². The number of nitrogens with zero attached hydrogens (tertiary/aromatic N) is 2. The molecular weight excluding hydrogens is 260 g/mol. The van der Waals surface area contributed by atoms with Crippen molar-refractivity contribution in [3.63, 3.8) is 0 Å². The van der Waals surface area contributed by atoms with Crippen molar-refractivity contribution in [3.8, 4) is 0 Å². The van der Waals surface area contributed by atoms with E-state index in [1.165, 1.54) is 5.56 Å². The van der Waals surface area contributed by atoms with Gasteiger partial charge in [-0.3, -0.25) is 4.68 Å². The fraction of sp³-hybridized carbons (Fsp3) is 0.400. The first-order valence-corrected chi connectivity index (χ1v) is 6.80. The van der Waals surface area contributed by atoms with Gasteiger partial charge in [0, 0.05) is 17.4 Å². The number of aromatic nitrogens is 2. The lowest BCUT2D eigenvalue weighted by molar-refractivity contribution is 0.0428. The minimum Gasteiger partial charge on any atom is -0.391 e. The van der Waals surface area contributed by atoms with Gasteiger partial charge in [-0.05, 0) is 50.5 Å². The SMILES string of the molecule is CC(C)(C(O)CCc1ccc(Cl)cc1)n1cccn1. The first kappa shape index (κ1) is 14.1. The Morgan fingerprint density at radius 3 is 2.58 bits per heavy atom. The van der Waals surface area contributed by atoms with Crippen molar-refractivity contribution in [1.29, 1.82) is 0 Å². The third-order valence-electron chi connectivity index (χ3n) is 3.53. The molecule has 0 bridgehead atoms. The fourth-order valence-corrected chi connectivity index (χ4v) is 2.20. The van der Waals surface area contributed by atoms with E-state index in [1.54, 1.807) is 10.9 Å². The fourth-order valence-electron chi connectivity index (χ4n) is 2.07. The van der Waals surface area contributed by atoms with Crippen LogP contribution in [-0.2, 0) is 12.0 Å². The molecule has 4 heteroatoms. The van der Waals surface area contributed by atoms with E-state index in [0.717, 1.165) is 11.4 Å². The maximum absolute atomic E-state index is 10.4. The number of hydrogen-bond acceptors (Lipinski definition) is 2. The summed E-state index contributed by atoms with van der Waals surface area (Å²) in [6.45, 7) is 3.99. The van der Waals surface area contributed by atoms with Gasteiger partial charge in [0.1, 0.15) is 0 Å². The van der Waals surface area contributed by atoms with Crippen LogP contribution in [0.15, 0.2) is 42.7 Å². The van der Waals surface area contributed by atoms with Gasteiger partial charge < -0.3 is 5.11 Å². The van der Waals surface area contributed by atoms with Crippen LogP contribution in [-0.4, -0.2) is 21.0 Å². The van der Waals surface area contributed by atoms with Gasteiger partial charge in [0.25, 0.3) is 0 Å². The van der Waals surface area contributed by atoms with Crippen LogP contribution in [0.4, 0.5) is 0 Å². The van der Waals surface area contributed by atoms with Crippen LogP contribution in [0.25, 0.3) is 0 Å². The summed E-state index contributed by atoms with van der Waals surface area (Å²) in [4.78, 5) is 0. The molecule has 0 fully saturated rings. The van der Waals surface area contributed by atoms with E-state index in [9.17, 15) is 5.11 Å². The van der Waals surface area contributed by atoms with Crippen LogP contribution in [0.2, 0.25) is 5.02 Å². The van der Waals surface area contributed by atoms with Crippen molar-refractivity contribution in [3.05, 3.63) is 53.3 Å². The number of aryl methyl sites for hydroxylation is 1. The van der Waals surface area contributed by atoms with Crippen molar-refractivity contribution in [2.45, 2.75) is 38.3 Å². The van der Waals surface area contributed by atoms with E-state index >= 15 is 0 Å². The number of rotatable bonds is 5. The third kappa shape index (κ3) is 3.37. The summed E-state index contributed by atoms with van der Waals surface area (Å²) in [6.07, 6.45) is 4.67. The molecule has 1 unspecified atom stereocenters. The molecule has 0 aliphatic rings. The number of benzene rings is 1. The van der Waals surface area contributed by atoms with E-state index in [0.29, 0.717) is 6.42 Å². The summed E-state index contributed by atoms with van der Waals surface area (Å²) in [5.74, 6) is 0. The van der Waals surface area contributed by atoms with Gasteiger partial charge in [0.05, 0.1) is 11.6 Å². The van der Waals surface area contributed by atoms with Crippen LogP contribution in [0.1, 0.15) is 25.8 Å². The third-order valence-corrected chi connectivity index (χ3v) is 3.78. The van der Waals surface area contributed by atoms with Crippen molar-refractivity contribution in [2.75, 3.05) is 0 Å². The van der Waals surface area contributed by atoms with E-state index < -0.39 is 11.6 Å². The molecule has 102 valence electrons. The Kier molecular flexibility index (Phi) is 4.27. The molecule has 1 aromatic carbocycles. The molecule has 0 aliphatic carbocycles. The molecule has 1 atom stereocenters. The highest BCUT2D eigenvalue weighted by Gasteiger charge is 2.29. The summed E-state index contributed by atoms with van der Waals surface area (Å²) < 4.78 is 1.81. The second kappa shape index (κ2) is 5.76. The predicted molar refractivity (Wildman–Crippen MR) is 77.3 cm³/mol. The van der Waals surface area contributed by atoms with Crippen LogP contribution in [0.3, 0.4) is 0 Å². The minimum absolute atomic E-state index is 0.407. The van der Waals surface area contributed by atoms with Crippen LogP contribution in [0, 0.1) is 0 Å². The Morgan fingerprint density at radius 1 is 1.32 bits per heavy atom. The molecule has 0 radical (unpaired) electrons. The highest BCUT2D eigenvalue weighted by molar-refractivity contribution is 6.30. The normalized spacial score (nSPS) is 13.5. The van der Waals surface area contributed by atoms with Gasteiger partial charge in [-0.25, -0.2) is 0 Å². The van der Waals surface area contributed by atoms with E-state index in [-0.39, 0.29) is 0 Å². The van der Waals surface area contributed by atoms with Gasteiger partial charge >= 0.3 is 0 Å². The topological polar surface area (TPSA) is 38.0 Å². The molecule has 1 heterocycles.